The summed E-state index contributed by atoms with van der Waals surface area (Å²) >= 11 is 0. The molecule has 1 heterocycles. The second kappa shape index (κ2) is 6.81. The van der Waals surface area contributed by atoms with Gasteiger partial charge in [-0.3, -0.25) is 0 Å². The SMILES string of the molecule is C#Cc1cn(-c2ccc(C(=C)O)c(O)c2)cc1-c1cc(CC)ccc1F. The highest BCUT2D eigenvalue weighted by Gasteiger charge is 2.14. The van der Waals surface area contributed by atoms with E-state index in [1.54, 1.807) is 41.2 Å². The van der Waals surface area contributed by atoms with Crippen LogP contribution >= 0.6 is 0 Å². The van der Waals surface area contributed by atoms with Gasteiger partial charge < -0.3 is 14.8 Å². The summed E-state index contributed by atoms with van der Waals surface area (Å²) in [5.41, 5.74) is 3.49. The smallest absolute Gasteiger partial charge is 0.131 e. The van der Waals surface area contributed by atoms with Gasteiger partial charge >= 0.3 is 0 Å². The Hall–Kier alpha value is -3.45. The molecule has 0 aliphatic carbocycles. The fraction of sp³-hybridized carbons (Fsp3) is 0.0909. The molecule has 0 bridgehead atoms. The molecule has 2 aromatic carbocycles. The molecule has 26 heavy (non-hydrogen) atoms. The number of aromatic hydroxyl groups is 1. The maximum atomic E-state index is 14.4. The number of aryl methyl sites for hydroxylation is 1. The highest BCUT2D eigenvalue weighted by atomic mass is 19.1. The molecule has 0 aliphatic rings. The van der Waals surface area contributed by atoms with Crippen LogP contribution in [0.1, 0.15) is 23.6 Å². The van der Waals surface area contributed by atoms with Crippen LogP contribution in [0.4, 0.5) is 4.39 Å². The predicted octanol–water partition coefficient (Wildman–Crippen LogP) is 5.06. The van der Waals surface area contributed by atoms with Gasteiger partial charge in [-0.25, -0.2) is 4.39 Å². The summed E-state index contributed by atoms with van der Waals surface area (Å²) < 4.78 is 16.1. The topological polar surface area (TPSA) is 45.4 Å². The Morgan fingerprint density at radius 1 is 1.19 bits per heavy atom. The van der Waals surface area contributed by atoms with Gasteiger partial charge in [0.05, 0.1) is 11.1 Å². The van der Waals surface area contributed by atoms with E-state index in [2.05, 4.69) is 12.5 Å². The number of aliphatic hydroxyl groups is 1. The lowest BCUT2D eigenvalue weighted by atomic mass is 10.0. The van der Waals surface area contributed by atoms with Crippen LogP contribution in [0.25, 0.3) is 22.6 Å². The van der Waals surface area contributed by atoms with Crippen molar-refractivity contribution in [2.24, 2.45) is 0 Å². The molecule has 0 radical (unpaired) electrons. The van der Waals surface area contributed by atoms with Crippen molar-refractivity contribution in [3.05, 3.63) is 77.9 Å². The number of rotatable bonds is 4. The molecule has 0 aliphatic heterocycles. The molecule has 3 nitrogen and oxygen atoms in total. The molecule has 2 N–H and O–H groups in total. The minimum Gasteiger partial charge on any atom is -0.508 e. The predicted molar refractivity (Wildman–Crippen MR) is 102 cm³/mol. The van der Waals surface area contributed by atoms with E-state index in [9.17, 15) is 14.6 Å². The van der Waals surface area contributed by atoms with E-state index in [4.69, 9.17) is 6.42 Å². The standard InChI is InChI=1S/C22H18FNO2/c1-4-15-6-9-21(23)19(10-15)20-13-24(12-16(20)5-2)17-7-8-18(14(3)25)22(26)11-17/h2,6-13,25-26H,3-4H2,1H3. The molecule has 3 rings (SSSR count). The summed E-state index contributed by atoms with van der Waals surface area (Å²) in [4.78, 5) is 0. The normalized spacial score (nSPS) is 10.5. The number of benzene rings is 2. The lowest BCUT2D eigenvalue weighted by Gasteiger charge is -2.07. The third-order valence-electron chi connectivity index (χ3n) is 4.30. The van der Waals surface area contributed by atoms with E-state index < -0.39 is 0 Å². The number of halogens is 1. The fourth-order valence-corrected chi connectivity index (χ4v) is 2.86. The third kappa shape index (κ3) is 3.07. The quantitative estimate of drug-likeness (QED) is 0.512. The van der Waals surface area contributed by atoms with Gasteiger partial charge in [0.25, 0.3) is 0 Å². The zero-order valence-corrected chi connectivity index (χ0v) is 14.3. The van der Waals surface area contributed by atoms with E-state index in [-0.39, 0.29) is 22.9 Å². The number of terminal acetylenes is 1. The molecule has 0 saturated carbocycles. The highest BCUT2D eigenvalue weighted by Crippen LogP contribution is 2.31. The first-order valence-electron chi connectivity index (χ1n) is 8.13. The first kappa shape index (κ1) is 17.4. The number of phenols is 1. The van der Waals surface area contributed by atoms with Crippen molar-refractivity contribution < 1.29 is 14.6 Å². The van der Waals surface area contributed by atoms with E-state index in [0.717, 1.165) is 12.0 Å². The summed E-state index contributed by atoms with van der Waals surface area (Å²) in [7, 11) is 0. The van der Waals surface area contributed by atoms with Crippen molar-refractivity contribution in [1.29, 1.82) is 0 Å². The molecule has 0 amide bonds. The molecule has 0 saturated heterocycles. The Balaban J connectivity index is 2.13. The first-order valence-corrected chi connectivity index (χ1v) is 8.13. The fourth-order valence-electron chi connectivity index (χ4n) is 2.86. The van der Waals surface area contributed by atoms with E-state index in [1.165, 1.54) is 12.1 Å². The molecule has 0 unspecified atom stereocenters. The van der Waals surface area contributed by atoms with Crippen LogP contribution in [0.5, 0.6) is 5.75 Å². The van der Waals surface area contributed by atoms with Crippen LogP contribution in [0.2, 0.25) is 0 Å². The monoisotopic (exact) mass is 347 g/mol. The average molecular weight is 347 g/mol. The Morgan fingerprint density at radius 2 is 1.96 bits per heavy atom. The van der Waals surface area contributed by atoms with Gasteiger partial charge in [-0.1, -0.05) is 25.5 Å². The maximum absolute atomic E-state index is 14.4. The zero-order chi connectivity index (χ0) is 18.8. The number of hydrogen-bond donors (Lipinski definition) is 2. The van der Waals surface area contributed by atoms with Crippen LogP contribution in [-0.2, 0) is 6.42 Å². The summed E-state index contributed by atoms with van der Waals surface area (Å²) in [5, 5.41) is 19.5. The molecule has 4 heteroatoms. The number of nitrogens with zero attached hydrogens (tertiary/aromatic N) is 1. The van der Waals surface area contributed by atoms with Gasteiger partial charge in [-0.15, -0.1) is 6.42 Å². The Labute approximate surface area is 151 Å². The van der Waals surface area contributed by atoms with Gasteiger partial charge in [-0.2, -0.15) is 0 Å². The average Bonchev–Trinajstić information content (AvgIpc) is 3.06. The maximum Gasteiger partial charge on any atom is 0.131 e. The molecular formula is C22H18FNO2. The molecule has 1 aromatic heterocycles. The summed E-state index contributed by atoms with van der Waals surface area (Å²) in [5.74, 6) is 1.93. The number of hydrogen-bond acceptors (Lipinski definition) is 2. The molecular weight excluding hydrogens is 329 g/mol. The molecule has 0 atom stereocenters. The minimum absolute atomic E-state index is 0.105. The van der Waals surface area contributed by atoms with Gasteiger partial charge in [0.15, 0.2) is 0 Å². The van der Waals surface area contributed by atoms with E-state index in [1.807, 2.05) is 6.92 Å². The minimum atomic E-state index is -0.341. The molecule has 0 fully saturated rings. The number of aliphatic hydroxyl groups excluding tert-OH is 1. The van der Waals surface area contributed by atoms with Crippen LogP contribution in [0.3, 0.4) is 0 Å². The highest BCUT2D eigenvalue weighted by molar-refractivity contribution is 5.73. The van der Waals surface area contributed by atoms with E-state index >= 15 is 0 Å². The van der Waals surface area contributed by atoms with Gasteiger partial charge in [0.2, 0.25) is 0 Å². The molecule has 130 valence electrons. The first-order chi connectivity index (χ1) is 12.4. The Kier molecular flexibility index (Phi) is 4.55. The zero-order valence-electron chi connectivity index (χ0n) is 14.3. The lowest BCUT2D eigenvalue weighted by Crippen LogP contribution is -1.92. The van der Waals surface area contributed by atoms with Gasteiger partial charge in [0, 0.05) is 35.3 Å². The van der Waals surface area contributed by atoms with Crippen LogP contribution in [-0.4, -0.2) is 14.8 Å². The van der Waals surface area contributed by atoms with Gasteiger partial charge in [-0.05, 0) is 36.2 Å². The Bertz CT molecular complexity index is 1040. The largest absolute Gasteiger partial charge is 0.508 e. The molecule has 3 aromatic rings. The summed E-state index contributed by atoms with van der Waals surface area (Å²) in [6.07, 6.45) is 9.84. The van der Waals surface area contributed by atoms with Crippen molar-refractivity contribution in [3.63, 3.8) is 0 Å². The second-order valence-corrected chi connectivity index (χ2v) is 5.95. The van der Waals surface area contributed by atoms with E-state index in [0.29, 0.717) is 22.4 Å². The van der Waals surface area contributed by atoms with Crippen molar-refractivity contribution in [2.45, 2.75) is 13.3 Å². The van der Waals surface area contributed by atoms with Crippen molar-refractivity contribution in [3.8, 4) is 34.9 Å². The number of phenolic OH excluding ortho intramolecular Hbond substituents is 1. The summed E-state index contributed by atoms with van der Waals surface area (Å²) in [6.45, 7) is 5.41. The van der Waals surface area contributed by atoms with Crippen molar-refractivity contribution in [2.75, 3.05) is 0 Å². The van der Waals surface area contributed by atoms with Crippen molar-refractivity contribution >= 4 is 5.76 Å². The second-order valence-electron chi connectivity index (χ2n) is 5.95. The third-order valence-corrected chi connectivity index (χ3v) is 4.30. The van der Waals surface area contributed by atoms with Crippen LogP contribution in [0.15, 0.2) is 55.4 Å². The number of aromatic nitrogens is 1. The molecule has 0 spiro atoms. The van der Waals surface area contributed by atoms with Crippen molar-refractivity contribution in [1.82, 2.24) is 4.57 Å². The summed E-state index contributed by atoms with van der Waals surface area (Å²) in [6, 6.07) is 9.74. The van der Waals surface area contributed by atoms with Gasteiger partial charge in [0.1, 0.15) is 17.3 Å². The van der Waals surface area contributed by atoms with Crippen LogP contribution in [0, 0.1) is 18.2 Å². The van der Waals surface area contributed by atoms with Crippen LogP contribution < -0.4 is 0 Å². The Morgan fingerprint density at radius 3 is 2.58 bits per heavy atom. The lowest BCUT2D eigenvalue weighted by molar-refractivity contribution is 0.460.